The highest BCUT2D eigenvalue weighted by Gasteiger charge is 2.52. The third kappa shape index (κ3) is 4.14. The van der Waals surface area contributed by atoms with Crippen LogP contribution in [0.3, 0.4) is 0 Å². The molecule has 1 aromatic heterocycles. The van der Waals surface area contributed by atoms with Gasteiger partial charge in [-0.05, 0) is 70.8 Å². The number of hydrogen-bond donors (Lipinski definition) is 1. The highest BCUT2D eigenvalue weighted by molar-refractivity contribution is 7.92. The summed E-state index contributed by atoms with van der Waals surface area (Å²) in [5.74, 6) is -0.709. The fraction of sp³-hybridized carbons (Fsp3) is 0.421. The second kappa shape index (κ2) is 7.23. The summed E-state index contributed by atoms with van der Waals surface area (Å²) < 4.78 is 54.6. The fourth-order valence-electron chi connectivity index (χ4n) is 2.95. The quantitative estimate of drug-likeness (QED) is 0.735. The molecular formula is C19H23BClFN2O4S. The first-order valence-electron chi connectivity index (χ1n) is 9.04. The summed E-state index contributed by atoms with van der Waals surface area (Å²) in [7, 11) is -4.86. The van der Waals surface area contributed by atoms with Crippen molar-refractivity contribution in [1.82, 2.24) is 4.98 Å². The molecule has 0 atom stereocenters. The fourth-order valence-corrected chi connectivity index (χ4v) is 4.45. The van der Waals surface area contributed by atoms with E-state index in [0.717, 1.165) is 0 Å². The van der Waals surface area contributed by atoms with E-state index in [0.29, 0.717) is 11.0 Å². The molecule has 10 heteroatoms. The number of nitrogens with one attached hydrogen (secondary N) is 1. The second-order valence-electron chi connectivity index (χ2n) is 8.12. The van der Waals surface area contributed by atoms with Crippen molar-refractivity contribution >= 4 is 39.9 Å². The summed E-state index contributed by atoms with van der Waals surface area (Å²) in [4.78, 5) is 3.83. The number of anilines is 1. The Kier molecular flexibility index (Phi) is 5.49. The van der Waals surface area contributed by atoms with E-state index in [1.807, 2.05) is 27.7 Å². The summed E-state index contributed by atoms with van der Waals surface area (Å²) in [6, 6.07) is 3.92. The predicted molar refractivity (Wildman–Crippen MR) is 112 cm³/mol. The molecule has 6 nitrogen and oxygen atoms in total. The van der Waals surface area contributed by atoms with E-state index in [4.69, 9.17) is 20.9 Å². The first kappa shape index (κ1) is 22.0. The number of sulfonamides is 1. The lowest BCUT2D eigenvalue weighted by Crippen LogP contribution is -2.41. The zero-order chi connectivity index (χ0) is 21.8. The molecular weight excluding hydrogens is 418 g/mol. The normalized spacial score (nSPS) is 18.1. The van der Waals surface area contributed by atoms with Crippen molar-refractivity contribution in [3.8, 4) is 0 Å². The van der Waals surface area contributed by atoms with Gasteiger partial charge in [0.15, 0.2) is 0 Å². The van der Waals surface area contributed by atoms with Gasteiger partial charge in [0.1, 0.15) is 10.7 Å². The van der Waals surface area contributed by atoms with Crippen LogP contribution in [0.25, 0.3) is 0 Å². The van der Waals surface area contributed by atoms with Crippen molar-refractivity contribution < 1.29 is 22.1 Å². The molecule has 1 aliphatic heterocycles. The molecule has 2 aromatic rings. The smallest absolute Gasteiger partial charge is 0.399 e. The molecule has 0 radical (unpaired) electrons. The molecule has 0 aliphatic carbocycles. The van der Waals surface area contributed by atoms with Gasteiger partial charge in [0.25, 0.3) is 10.0 Å². The standard InChI is InChI=1S/C19H23BClFN2O4S/c1-11-7-15(22)16(9-14(11)20-27-18(3,4)19(5,6)28-20)24-29(25,26)17-8-13(21)10-23-12(17)2/h7-10,24H,1-6H3. The van der Waals surface area contributed by atoms with E-state index in [9.17, 15) is 12.8 Å². The van der Waals surface area contributed by atoms with E-state index in [1.165, 1.54) is 31.3 Å². The minimum absolute atomic E-state index is 0.123. The average Bonchev–Trinajstić information content (AvgIpc) is 2.79. The maximum Gasteiger partial charge on any atom is 0.495 e. The Bertz CT molecular complexity index is 1060. The van der Waals surface area contributed by atoms with E-state index in [-0.39, 0.29) is 21.3 Å². The highest BCUT2D eigenvalue weighted by atomic mass is 35.5. The van der Waals surface area contributed by atoms with E-state index in [1.54, 1.807) is 6.92 Å². The maximum atomic E-state index is 14.6. The minimum Gasteiger partial charge on any atom is -0.399 e. The SMILES string of the molecule is Cc1cc(F)c(NS(=O)(=O)c2cc(Cl)cnc2C)cc1B1OC(C)(C)C(C)(C)O1. The molecule has 0 unspecified atom stereocenters. The minimum atomic E-state index is -4.11. The largest absolute Gasteiger partial charge is 0.495 e. The summed E-state index contributed by atoms with van der Waals surface area (Å²) in [5, 5.41) is 0.165. The molecule has 1 N–H and O–H groups in total. The van der Waals surface area contributed by atoms with Gasteiger partial charge in [0.05, 0.1) is 27.6 Å². The van der Waals surface area contributed by atoms with Gasteiger partial charge in [0, 0.05) is 6.20 Å². The molecule has 1 aromatic carbocycles. The number of rotatable bonds is 4. The Hall–Kier alpha value is -1.68. The van der Waals surface area contributed by atoms with Gasteiger partial charge < -0.3 is 9.31 Å². The number of nitrogens with zero attached hydrogens (tertiary/aromatic N) is 1. The molecule has 29 heavy (non-hydrogen) atoms. The zero-order valence-corrected chi connectivity index (χ0v) is 18.7. The first-order valence-corrected chi connectivity index (χ1v) is 10.9. The van der Waals surface area contributed by atoms with Crippen LogP contribution in [0.4, 0.5) is 10.1 Å². The lowest BCUT2D eigenvalue weighted by molar-refractivity contribution is 0.00578. The average molecular weight is 441 g/mol. The van der Waals surface area contributed by atoms with E-state index >= 15 is 0 Å². The van der Waals surface area contributed by atoms with Crippen molar-refractivity contribution in [2.45, 2.75) is 57.6 Å². The molecule has 1 aliphatic rings. The molecule has 0 spiro atoms. The van der Waals surface area contributed by atoms with Crippen LogP contribution in [0.5, 0.6) is 0 Å². The number of hydrogen-bond acceptors (Lipinski definition) is 5. The maximum absolute atomic E-state index is 14.6. The van der Waals surface area contributed by atoms with Crippen LogP contribution in [-0.2, 0) is 19.3 Å². The second-order valence-corrected chi connectivity index (χ2v) is 10.2. The zero-order valence-electron chi connectivity index (χ0n) is 17.1. The Morgan fingerprint density at radius 3 is 2.28 bits per heavy atom. The third-order valence-electron chi connectivity index (χ3n) is 5.40. The Balaban J connectivity index is 2.00. The van der Waals surface area contributed by atoms with Crippen molar-refractivity contribution in [1.29, 1.82) is 0 Å². The molecule has 0 saturated carbocycles. The summed E-state index contributed by atoms with van der Waals surface area (Å²) in [6.45, 7) is 10.9. The highest BCUT2D eigenvalue weighted by Crippen LogP contribution is 2.37. The Morgan fingerprint density at radius 1 is 1.10 bits per heavy atom. The predicted octanol–water partition coefficient (Wildman–Crippen LogP) is 3.59. The van der Waals surface area contributed by atoms with Crippen LogP contribution in [0.1, 0.15) is 39.0 Å². The number of aryl methyl sites for hydroxylation is 2. The molecule has 1 fully saturated rings. The monoisotopic (exact) mass is 440 g/mol. The van der Waals surface area contributed by atoms with Crippen molar-refractivity contribution in [2.75, 3.05) is 4.72 Å². The molecule has 3 rings (SSSR count). The summed E-state index contributed by atoms with van der Waals surface area (Å²) in [5.41, 5.74) is 0.0113. The molecule has 1 saturated heterocycles. The van der Waals surface area contributed by atoms with Crippen LogP contribution in [0.2, 0.25) is 5.02 Å². The lowest BCUT2D eigenvalue weighted by Gasteiger charge is -2.32. The third-order valence-corrected chi connectivity index (χ3v) is 7.09. The van der Waals surface area contributed by atoms with Crippen LogP contribution < -0.4 is 10.2 Å². The van der Waals surface area contributed by atoms with Gasteiger partial charge in [-0.15, -0.1) is 0 Å². The van der Waals surface area contributed by atoms with E-state index < -0.39 is 34.2 Å². The Morgan fingerprint density at radius 2 is 1.69 bits per heavy atom. The van der Waals surface area contributed by atoms with Gasteiger partial charge in [0.2, 0.25) is 0 Å². The molecule has 2 heterocycles. The molecule has 156 valence electrons. The number of pyridine rings is 1. The van der Waals surface area contributed by atoms with Crippen LogP contribution in [0, 0.1) is 19.7 Å². The van der Waals surface area contributed by atoms with E-state index in [2.05, 4.69) is 9.71 Å². The molecule has 0 bridgehead atoms. The van der Waals surface area contributed by atoms with Gasteiger partial charge in [-0.3, -0.25) is 9.71 Å². The van der Waals surface area contributed by atoms with Gasteiger partial charge in [-0.2, -0.15) is 0 Å². The lowest BCUT2D eigenvalue weighted by atomic mass is 9.76. The van der Waals surface area contributed by atoms with Gasteiger partial charge in [-0.25, -0.2) is 12.8 Å². The van der Waals surface area contributed by atoms with Crippen molar-refractivity contribution in [2.24, 2.45) is 0 Å². The number of halogens is 2. The summed E-state index contributed by atoms with van der Waals surface area (Å²) in [6.07, 6.45) is 1.35. The first-order chi connectivity index (χ1) is 13.2. The Labute approximate surface area is 176 Å². The van der Waals surface area contributed by atoms with Gasteiger partial charge in [-0.1, -0.05) is 11.6 Å². The van der Waals surface area contributed by atoms with Crippen LogP contribution >= 0.6 is 11.6 Å². The van der Waals surface area contributed by atoms with Gasteiger partial charge >= 0.3 is 7.12 Å². The van der Waals surface area contributed by atoms with Crippen molar-refractivity contribution in [3.05, 3.63) is 46.5 Å². The number of aromatic nitrogens is 1. The summed E-state index contributed by atoms with van der Waals surface area (Å²) >= 11 is 5.88. The number of benzene rings is 1. The van der Waals surface area contributed by atoms with Crippen molar-refractivity contribution in [3.63, 3.8) is 0 Å². The van der Waals surface area contributed by atoms with Crippen LogP contribution in [-0.4, -0.2) is 31.7 Å². The van der Waals surface area contributed by atoms with Crippen LogP contribution in [0.15, 0.2) is 29.3 Å². The molecule has 0 amide bonds. The topological polar surface area (TPSA) is 77.5 Å².